The summed E-state index contributed by atoms with van der Waals surface area (Å²) in [7, 11) is 3.32. The Balaban J connectivity index is 0.000000612. The first-order valence-corrected chi connectivity index (χ1v) is 5.94. The maximum atomic E-state index is 8.12. The number of benzene rings is 2. The molecular weight excluding hydrogens is 256 g/mol. The number of ether oxygens (including phenoxy) is 2. The summed E-state index contributed by atoms with van der Waals surface area (Å²) in [5.74, 6) is 1.61. The molecule has 0 bridgehead atoms. The van der Waals surface area contributed by atoms with Crippen molar-refractivity contribution in [1.82, 2.24) is 0 Å². The summed E-state index contributed by atoms with van der Waals surface area (Å²) in [4.78, 5) is 16.2. The third-order valence-corrected chi connectivity index (χ3v) is 2.74. The molecule has 4 heteroatoms. The van der Waals surface area contributed by atoms with Gasteiger partial charge in [-0.05, 0) is 30.2 Å². The highest BCUT2D eigenvalue weighted by Crippen LogP contribution is 2.29. The topological polar surface area (TPSA) is 52.6 Å². The van der Waals surface area contributed by atoms with E-state index in [9.17, 15) is 0 Å². The van der Waals surface area contributed by atoms with Gasteiger partial charge in [0.25, 0.3) is 0 Å². The van der Waals surface area contributed by atoms with Crippen LogP contribution >= 0.6 is 0 Å². The van der Waals surface area contributed by atoms with Gasteiger partial charge in [0, 0.05) is 6.07 Å². The molecule has 0 aliphatic rings. The van der Waals surface area contributed by atoms with Gasteiger partial charge in [0.15, 0.2) is 0 Å². The van der Waals surface area contributed by atoms with Crippen molar-refractivity contribution in [2.45, 2.75) is 6.92 Å². The summed E-state index contributed by atoms with van der Waals surface area (Å²) in [5, 5.41) is 0. The molecule has 20 heavy (non-hydrogen) atoms. The molecule has 0 radical (unpaired) electrons. The standard InChI is InChI=1S/C15H16O2.CO2/c1-11-4-6-12(7-5-11)13-8-14(16-2)10-15(9-13)17-3;2-1-3/h4-10H,1-3H3;. The van der Waals surface area contributed by atoms with Gasteiger partial charge in [0.05, 0.1) is 14.2 Å². The van der Waals surface area contributed by atoms with E-state index in [0.29, 0.717) is 0 Å². The van der Waals surface area contributed by atoms with Gasteiger partial charge in [-0.2, -0.15) is 9.59 Å². The highest BCUT2D eigenvalue weighted by atomic mass is 16.5. The quantitative estimate of drug-likeness (QED) is 0.861. The Bertz CT molecular complexity index is 560. The van der Waals surface area contributed by atoms with Crippen LogP contribution in [0.4, 0.5) is 0 Å². The summed E-state index contributed by atoms with van der Waals surface area (Å²) in [6.07, 6.45) is 0.250. The Morgan fingerprint density at radius 3 is 1.65 bits per heavy atom. The van der Waals surface area contributed by atoms with Crippen molar-refractivity contribution in [3.05, 3.63) is 48.0 Å². The van der Waals surface area contributed by atoms with E-state index in [2.05, 4.69) is 31.2 Å². The van der Waals surface area contributed by atoms with Crippen LogP contribution in [0.5, 0.6) is 11.5 Å². The van der Waals surface area contributed by atoms with Gasteiger partial charge >= 0.3 is 6.15 Å². The molecule has 0 atom stereocenters. The van der Waals surface area contributed by atoms with Gasteiger partial charge < -0.3 is 9.47 Å². The molecule has 104 valence electrons. The molecule has 4 nitrogen and oxygen atoms in total. The van der Waals surface area contributed by atoms with E-state index in [1.54, 1.807) is 14.2 Å². The Morgan fingerprint density at radius 1 is 0.800 bits per heavy atom. The summed E-state index contributed by atoms with van der Waals surface area (Å²) >= 11 is 0. The number of hydrogen-bond acceptors (Lipinski definition) is 4. The molecule has 2 rings (SSSR count). The summed E-state index contributed by atoms with van der Waals surface area (Å²) < 4.78 is 10.5. The van der Waals surface area contributed by atoms with Gasteiger partial charge in [-0.25, -0.2) is 0 Å². The van der Waals surface area contributed by atoms with Crippen LogP contribution in [0.2, 0.25) is 0 Å². The predicted molar refractivity (Wildman–Crippen MR) is 74.7 cm³/mol. The second-order valence-electron chi connectivity index (χ2n) is 4.05. The zero-order valence-electron chi connectivity index (χ0n) is 11.7. The average molecular weight is 272 g/mol. The van der Waals surface area contributed by atoms with Crippen LogP contribution < -0.4 is 9.47 Å². The molecule has 0 saturated carbocycles. The van der Waals surface area contributed by atoms with Crippen molar-refractivity contribution in [3.63, 3.8) is 0 Å². The number of methoxy groups -OCH3 is 2. The van der Waals surface area contributed by atoms with E-state index in [0.717, 1.165) is 22.6 Å². The summed E-state index contributed by atoms with van der Waals surface area (Å²) in [5.41, 5.74) is 3.51. The van der Waals surface area contributed by atoms with E-state index in [4.69, 9.17) is 19.1 Å². The minimum Gasteiger partial charge on any atom is -0.497 e. The molecule has 0 spiro atoms. The fourth-order valence-electron chi connectivity index (χ4n) is 1.72. The molecule has 0 aromatic heterocycles. The van der Waals surface area contributed by atoms with Crippen molar-refractivity contribution in [1.29, 1.82) is 0 Å². The van der Waals surface area contributed by atoms with Crippen molar-refractivity contribution >= 4 is 6.15 Å². The number of rotatable bonds is 3. The normalized spacial score (nSPS) is 8.95. The van der Waals surface area contributed by atoms with Gasteiger partial charge in [-0.3, -0.25) is 0 Å². The number of aryl methyl sites for hydroxylation is 1. The van der Waals surface area contributed by atoms with Gasteiger partial charge in [0.1, 0.15) is 11.5 Å². The van der Waals surface area contributed by atoms with Crippen LogP contribution in [0, 0.1) is 6.92 Å². The third kappa shape index (κ3) is 4.26. The maximum Gasteiger partial charge on any atom is 0.373 e. The van der Waals surface area contributed by atoms with E-state index in [1.807, 2.05) is 18.2 Å². The molecule has 0 amide bonds. The lowest BCUT2D eigenvalue weighted by Gasteiger charge is -2.08. The molecule has 0 aliphatic heterocycles. The van der Waals surface area contributed by atoms with E-state index in [1.165, 1.54) is 5.56 Å². The molecule has 2 aromatic carbocycles. The highest BCUT2D eigenvalue weighted by Gasteiger charge is 2.03. The predicted octanol–water partition coefficient (Wildman–Crippen LogP) is 3.10. The monoisotopic (exact) mass is 272 g/mol. The first-order chi connectivity index (χ1) is 9.64. The third-order valence-electron chi connectivity index (χ3n) is 2.74. The minimum atomic E-state index is 0.250. The summed E-state index contributed by atoms with van der Waals surface area (Å²) in [6.45, 7) is 2.08. The van der Waals surface area contributed by atoms with Crippen LogP contribution in [0.15, 0.2) is 42.5 Å². The second-order valence-corrected chi connectivity index (χ2v) is 4.05. The van der Waals surface area contributed by atoms with Crippen LogP contribution in [0.25, 0.3) is 11.1 Å². The van der Waals surface area contributed by atoms with Gasteiger partial charge in [0.2, 0.25) is 0 Å². The highest BCUT2D eigenvalue weighted by molar-refractivity contribution is 5.67. The molecule has 0 N–H and O–H groups in total. The van der Waals surface area contributed by atoms with Gasteiger partial charge in [-0.15, -0.1) is 0 Å². The van der Waals surface area contributed by atoms with Crippen LogP contribution in [0.1, 0.15) is 5.56 Å². The van der Waals surface area contributed by atoms with Crippen LogP contribution in [-0.4, -0.2) is 20.4 Å². The molecule has 0 heterocycles. The molecule has 0 saturated heterocycles. The fraction of sp³-hybridized carbons (Fsp3) is 0.188. The van der Waals surface area contributed by atoms with Crippen LogP contribution in [0.3, 0.4) is 0 Å². The Hall–Kier alpha value is -2.58. The Kier molecular flexibility index (Phi) is 6.01. The minimum absolute atomic E-state index is 0.250. The first-order valence-electron chi connectivity index (χ1n) is 5.94. The van der Waals surface area contributed by atoms with Crippen LogP contribution in [-0.2, 0) is 9.59 Å². The number of hydrogen-bond donors (Lipinski definition) is 0. The van der Waals surface area contributed by atoms with Crippen molar-refractivity contribution in [3.8, 4) is 22.6 Å². The molecule has 0 unspecified atom stereocenters. The average Bonchev–Trinajstić information content (AvgIpc) is 2.48. The zero-order valence-corrected chi connectivity index (χ0v) is 11.7. The second kappa shape index (κ2) is 7.77. The smallest absolute Gasteiger partial charge is 0.373 e. The molecule has 0 aliphatic carbocycles. The molecular formula is C16H16O4. The van der Waals surface area contributed by atoms with Crippen molar-refractivity contribution in [2.75, 3.05) is 14.2 Å². The van der Waals surface area contributed by atoms with Gasteiger partial charge in [-0.1, -0.05) is 29.8 Å². The molecule has 2 aromatic rings. The lowest BCUT2D eigenvalue weighted by Crippen LogP contribution is -1.88. The lowest BCUT2D eigenvalue weighted by atomic mass is 10.0. The fourth-order valence-corrected chi connectivity index (χ4v) is 1.72. The molecule has 0 fully saturated rings. The van der Waals surface area contributed by atoms with E-state index < -0.39 is 0 Å². The Morgan fingerprint density at radius 2 is 1.25 bits per heavy atom. The maximum absolute atomic E-state index is 8.12. The first kappa shape index (κ1) is 15.5. The SMILES string of the molecule is COc1cc(OC)cc(-c2ccc(C)cc2)c1.O=C=O. The van der Waals surface area contributed by atoms with E-state index in [-0.39, 0.29) is 6.15 Å². The number of carbonyl (C=O) groups excluding carboxylic acids is 2. The lowest BCUT2D eigenvalue weighted by molar-refractivity contribution is -0.191. The zero-order chi connectivity index (χ0) is 15.0. The summed E-state index contributed by atoms with van der Waals surface area (Å²) in [6, 6.07) is 14.3. The van der Waals surface area contributed by atoms with E-state index >= 15 is 0 Å². The largest absolute Gasteiger partial charge is 0.497 e. The van der Waals surface area contributed by atoms with Crippen molar-refractivity contribution in [2.24, 2.45) is 0 Å². The van der Waals surface area contributed by atoms with Crippen molar-refractivity contribution < 1.29 is 19.1 Å². The Labute approximate surface area is 118 Å².